The van der Waals surface area contributed by atoms with Gasteiger partial charge in [0.2, 0.25) is 5.91 Å². The van der Waals surface area contributed by atoms with Gasteiger partial charge in [-0.05, 0) is 48.5 Å². The van der Waals surface area contributed by atoms with Crippen LogP contribution in [-0.4, -0.2) is 17.1 Å². The van der Waals surface area contributed by atoms with Crippen LogP contribution in [0.1, 0.15) is 11.5 Å². The van der Waals surface area contributed by atoms with E-state index in [0.717, 1.165) is 5.39 Å². The highest BCUT2D eigenvalue weighted by atomic mass is 16.5. The van der Waals surface area contributed by atoms with Crippen LogP contribution in [0.25, 0.3) is 11.0 Å². The van der Waals surface area contributed by atoms with E-state index in [1.54, 1.807) is 48.7 Å². The smallest absolute Gasteiger partial charge is 0.319 e. The Morgan fingerprint density at radius 1 is 0.897 bits per heavy atom. The van der Waals surface area contributed by atoms with Gasteiger partial charge in [0.15, 0.2) is 5.58 Å². The van der Waals surface area contributed by atoms with E-state index in [0.29, 0.717) is 35.0 Å². The van der Waals surface area contributed by atoms with Crippen molar-refractivity contribution in [3.8, 4) is 0 Å². The molecule has 0 atom stereocenters. The van der Waals surface area contributed by atoms with Gasteiger partial charge in [-0.3, -0.25) is 4.79 Å². The molecule has 0 bridgehead atoms. The van der Waals surface area contributed by atoms with Crippen molar-refractivity contribution in [3.05, 3.63) is 78.4 Å². The minimum absolute atomic E-state index is 0.103. The van der Waals surface area contributed by atoms with Crippen LogP contribution in [-0.2, 0) is 17.8 Å². The fourth-order valence-corrected chi connectivity index (χ4v) is 2.82. The molecule has 0 aliphatic heterocycles. The number of amides is 3. The first-order valence-corrected chi connectivity index (χ1v) is 8.98. The van der Waals surface area contributed by atoms with Crippen LogP contribution < -0.4 is 16.0 Å². The monoisotopic (exact) mass is 390 g/mol. The highest BCUT2D eigenvalue weighted by Crippen LogP contribution is 2.19. The van der Waals surface area contributed by atoms with Gasteiger partial charge < -0.3 is 24.9 Å². The molecule has 0 fully saturated rings. The van der Waals surface area contributed by atoms with Gasteiger partial charge in [0.1, 0.15) is 11.5 Å². The second-order valence-corrected chi connectivity index (χ2v) is 6.31. The molecule has 2 heterocycles. The fourth-order valence-electron chi connectivity index (χ4n) is 2.82. The van der Waals surface area contributed by atoms with E-state index < -0.39 is 0 Å². The van der Waals surface area contributed by atoms with E-state index in [2.05, 4.69) is 21.1 Å². The molecule has 0 radical (unpaired) electrons. The lowest BCUT2D eigenvalue weighted by Crippen LogP contribution is -2.27. The number of furan rings is 1. The molecule has 2 aromatic heterocycles. The van der Waals surface area contributed by atoms with Crippen molar-refractivity contribution in [1.82, 2.24) is 10.5 Å². The quantitative estimate of drug-likeness (QED) is 0.462. The number of nitrogens with zero attached hydrogens (tertiary/aromatic N) is 1. The molecule has 0 saturated heterocycles. The Bertz CT molecular complexity index is 1120. The lowest BCUT2D eigenvalue weighted by atomic mass is 10.1. The Kier molecular flexibility index (Phi) is 5.24. The zero-order valence-electron chi connectivity index (χ0n) is 15.3. The van der Waals surface area contributed by atoms with Crippen molar-refractivity contribution < 1.29 is 18.5 Å². The number of benzene rings is 2. The largest absolute Gasteiger partial charge is 0.467 e. The van der Waals surface area contributed by atoms with Crippen LogP contribution in [0.4, 0.5) is 16.2 Å². The Balaban J connectivity index is 1.29. The van der Waals surface area contributed by atoms with Crippen LogP contribution in [0, 0.1) is 0 Å². The molecule has 4 rings (SSSR count). The average Bonchev–Trinajstić information content (AvgIpc) is 3.38. The lowest BCUT2D eigenvalue weighted by molar-refractivity contribution is -0.115. The Hall–Kier alpha value is -4.07. The number of aromatic nitrogens is 1. The van der Waals surface area contributed by atoms with Crippen LogP contribution in [0.5, 0.6) is 0 Å². The van der Waals surface area contributed by atoms with E-state index in [1.165, 1.54) is 0 Å². The topological polar surface area (TPSA) is 109 Å². The van der Waals surface area contributed by atoms with E-state index in [9.17, 15) is 9.59 Å². The zero-order chi connectivity index (χ0) is 20.1. The van der Waals surface area contributed by atoms with Crippen LogP contribution in [0.15, 0.2) is 75.9 Å². The minimum Gasteiger partial charge on any atom is -0.467 e. The van der Waals surface area contributed by atoms with E-state index >= 15 is 0 Å². The first-order valence-electron chi connectivity index (χ1n) is 8.98. The summed E-state index contributed by atoms with van der Waals surface area (Å²) in [6.45, 7) is 0.295. The van der Waals surface area contributed by atoms with Crippen molar-refractivity contribution in [2.75, 3.05) is 10.6 Å². The molecule has 3 amide bonds. The predicted molar refractivity (Wildman–Crippen MR) is 107 cm³/mol. The molecule has 8 heteroatoms. The summed E-state index contributed by atoms with van der Waals surface area (Å²) in [5, 5.41) is 13.0. The van der Waals surface area contributed by atoms with Gasteiger partial charge in [-0.15, -0.1) is 0 Å². The summed E-state index contributed by atoms with van der Waals surface area (Å²) in [4.78, 5) is 24.2. The number of anilines is 2. The third-order valence-electron chi connectivity index (χ3n) is 4.21. The van der Waals surface area contributed by atoms with Gasteiger partial charge in [0, 0.05) is 16.8 Å². The maximum atomic E-state index is 12.3. The molecule has 3 N–H and O–H groups in total. The third-order valence-corrected chi connectivity index (χ3v) is 4.21. The predicted octanol–water partition coefficient (Wildman–Crippen LogP) is 3.92. The van der Waals surface area contributed by atoms with Crippen molar-refractivity contribution in [1.29, 1.82) is 0 Å². The standard InChI is InChI=1S/C21H18N4O4/c26-20(12-18-17-5-1-2-6-19(17)29-25-18)23-14-7-9-15(10-8-14)24-21(27)22-13-16-4-3-11-28-16/h1-11H,12-13H2,(H,23,26)(H2,22,24,27). The molecule has 0 aliphatic rings. The number of hydrogen-bond donors (Lipinski definition) is 3. The molecule has 0 unspecified atom stereocenters. The number of urea groups is 1. The molecular weight excluding hydrogens is 372 g/mol. The van der Waals surface area contributed by atoms with Gasteiger partial charge in [-0.1, -0.05) is 17.3 Å². The SMILES string of the molecule is O=C(Cc1noc2ccccc12)Nc1ccc(NC(=O)NCc2ccco2)cc1. The maximum absolute atomic E-state index is 12.3. The molecule has 0 saturated carbocycles. The zero-order valence-corrected chi connectivity index (χ0v) is 15.3. The van der Waals surface area contributed by atoms with E-state index in [1.807, 2.05) is 18.2 Å². The van der Waals surface area contributed by atoms with Gasteiger partial charge >= 0.3 is 6.03 Å². The molecule has 146 valence electrons. The normalized spacial score (nSPS) is 10.6. The number of carbonyl (C=O) groups excluding carboxylic acids is 2. The summed E-state index contributed by atoms with van der Waals surface area (Å²) in [5.41, 5.74) is 2.45. The Labute approximate surface area is 165 Å². The molecule has 8 nitrogen and oxygen atoms in total. The highest BCUT2D eigenvalue weighted by molar-refractivity contribution is 5.95. The number of fused-ring (bicyclic) bond motifs is 1. The van der Waals surface area contributed by atoms with Crippen LogP contribution in [0.3, 0.4) is 0 Å². The second-order valence-electron chi connectivity index (χ2n) is 6.31. The van der Waals surface area contributed by atoms with Crippen molar-refractivity contribution in [2.24, 2.45) is 0 Å². The maximum Gasteiger partial charge on any atom is 0.319 e. The number of para-hydroxylation sites is 1. The first-order chi connectivity index (χ1) is 14.2. The fraction of sp³-hybridized carbons (Fsp3) is 0.0952. The molecular formula is C21H18N4O4. The van der Waals surface area contributed by atoms with E-state index in [-0.39, 0.29) is 18.4 Å². The minimum atomic E-state index is -0.351. The van der Waals surface area contributed by atoms with Crippen LogP contribution in [0.2, 0.25) is 0 Å². The van der Waals surface area contributed by atoms with Gasteiger partial charge in [0.25, 0.3) is 0 Å². The second kappa shape index (κ2) is 8.30. The number of nitrogens with one attached hydrogen (secondary N) is 3. The van der Waals surface area contributed by atoms with E-state index in [4.69, 9.17) is 8.94 Å². The summed E-state index contributed by atoms with van der Waals surface area (Å²) in [6.07, 6.45) is 1.65. The summed E-state index contributed by atoms with van der Waals surface area (Å²) in [5.74, 6) is 0.457. The number of hydrogen-bond acceptors (Lipinski definition) is 5. The van der Waals surface area contributed by atoms with Gasteiger partial charge in [-0.2, -0.15) is 0 Å². The van der Waals surface area contributed by atoms with Gasteiger partial charge in [-0.25, -0.2) is 4.79 Å². The number of carbonyl (C=O) groups is 2. The third kappa shape index (κ3) is 4.62. The van der Waals surface area contributed by atoms with Crippen molar-refractivity contribution in [2.45, 2.75) is 13.0 Å². The summed E-state index contributed by atoms with van der Waals surface area (Å²) in [6, 6.07) is 17.4. The van der Waals surface area contributed by atoms with Crippen LogP contribution >= 0.6 is 0 Å². The summed E-state index contributed by atoms with van der Waals surface area (Å²) in [7, 11) is 0. The first kappa shape index (κ1) is 18.3. The summed E-state index contributed by atoms with van der Waals surface area (Å²) < 4.78 is 10.4. The molecule has 0 spiro atoms. The molecule has 4 aromatic rings. The van der Waals surface area contributed by atoms with Gasteiger partial charge in [0.05, 0.1) is 19.2 Å². The number of rotatable bonds is 6. The van der Waals surface area contributed by atoms with Crippen molar-refractivity contribution >= 4 is 34.3 Å². The lowest BCUT2D eigenvalue weighted by Gasteiger charge is -2.08. The molecule has 2 aromatic carbocycles. The highest BCUT2D eigenvalue weighted by Gasteiger charge is 2.12. The average molecular weight is 390 g/mol. The molecule has 29 heavy (non-hydrogen) atoms. The summed E-state index contributed by atoms with van der Waals surface area (Å²) >= 11 is 0. The van der Waals surface area contributed by atoms with Crippen molar-refractivity contribution in [3.63, 3.8) is 0 Å². The molecule has 0 aliphatic carbocycles. The Morgan fingerprint density at radius 3 is 2.41 bits per heavy atom. The Morgan fingerprint density at radius 2 is 1.66 bits per heavy atom.